The first-order chi connectivity index (χ1) is 15.5. The molecule has 0 aliphatic carbocycles. The van der Waals surface area contributed by atoms with Crippen molar-refractivity contribution in [2.24, 2.45) is 0 Å². The van der Waals surface area contributed by atoms with Crippen LogP contribution in [-0.4, -0.2) is 29.1 Å². The van der Waals surface area contributed by atoms with Crippen molar-refractivity contribution in [1.82, 2.24) is 0 Å². The normalized spacial score (nSPS) is 10.3. The Morgan fingerprint density at radius 3 is 2.47 bits per heavy atom. The summed E-state index contributed by atoms with van der Waals surface area (Å²) in [5, 5.41) is 16.3. The Hall–Kier alpha value is -3.85. The fraction of sp³-hybridized carbons (Fsp3) is 0.130. The van der Waals surface area contributed by atoms with Crippen LogP contribution in [0.2, 0.25) is 0 Å². The first-order valence-electron chi connectivity index (χ1n) is 9.76. The van der Waals surface area contributed by atoms with Gasteiger partial charge in [0.25, 0.3) is 11.6 Å². The predicted molar refractivity (Wildman–Crippen MR) is 124 cm³/mol. The summed E-state index contributed by atoms with van der Waals surface area (Å²) in [4.78, 5) is 35.8. The highest BCUT2D eigenvalue weighted by molar-refractivity contribution is 8.00. The smallest absolute Gasteiger partial charge is 0.269 e. The van der Waals surface area contributed by atoms with Crippen molar-refractivity contribution in [3.05, 3.63) is 88.5 Å². The van der Waals surface area contributed by atoms with E-state index in [0.29, 0.717) is 29.3 Å². The molecule has 0 radical (unpaired) electrons. The van der Waals surface area contributed by atoms with Gasteiger partial charge in [-0.2, -0.15) is 0 Å². The molecule has 0 atom stereocenters. The van der Waals surface area contributed by atoms with E-state index < -0.39 is 4.92 Å². The number of nitrogens with zero attached hydrogens (tertiary/aromatic N) is 1. The number of amides is 2. The lowest BCUT2D eigenvalue weighted by atomic mass is 10.2. The summed E-state index contributed by atoms with van der Waals surface area (Å²) in [7, 11) is 0. The number of nitrogens with one attached hydrogen (secondary N) is 2. The number of benzene rings is 3. The highest BCUT2D eigenvalue weighted by atomic mass is 32.2. The van der Waals surface area contributed by atoms with Crippen LogP contribution in [-0.2, 0) is 4.79 Å². The molecule has 0 bridgehead atoms. The minimum absolute atomic E-state index is 0.0814. The van der Waals surface area contributed by atoms with Gasteiger partial charge >= 0.3 is 0 Å². The van der Waals surface area contributed by atoms with Gasteiger partial charge in [-0.1, -0.05) is 18.2 Å². The monoisotopic (exact) mass is 451 g/mol. The summed E-state index contributed by atoms with van der Waals surface area (Å²) in [5.74, 6) is 0.235. The zero-order chi connectivity index (χ0) is 22.9. The third-order valence-corrected chi connectivity index (χ3v) is 5.26. The summed E-state index contributed by atoms with van der Waals surface area (Å²) in [6.45, 7) is 2.38. The third kappa shape index (κ3) is 6.32. The largest absolute Gasteiger partial charge is 0.492 e. The Balaban J connectivity index is 1.57. The molecule has 0 saturated heterocycles. The molecule has 0 unspecified atom stereocenters. The van der Waals surface area contributed by atoms with Crippen LogP contribution >= 0.6 is 11.8 Å². The number of nitro benzene ring substituents is 1. The molecule has 9 heteroatoms. The molecule has 2 N–H and O–H groups in total. The zero-order valence-electron chi connectivity index (χ0n) is 17.2. The van der Waals surface area contributed by atoms with Crippen LogP contribution < -0.4 is 15.4 Å². The van der Waals surface area contributed by atoms with E-state index in [1.54, 1.807) is 30.3 Å². The van der Waals surface area contributed by atoms with E-state index in [2.05, 4.69) is 10.6 Å². The molecule has 0 aliphatic rings. The lowest BCUT2D eigenvalue weighted by molar-refractivity contribution is -0.384. The lowest BCUT2D eigenvalue weighted by Gasteiger charge is -2.11. The summed E-state index contributed by atoms with van der Waals surface area (Å²) >= 11 is 1.33. The molecule has 164 valence electrons. The topological polar surface area (TPSA) is 111 Å². The van der Waals surface area contributed by atoms with E-state index in [1.165, 1.54) is 36.0 Å². The van der Waals surface area contributed by atoms with Crippen LogP contribution in [0.4, 0.5) is 17.1 Å². The third-order valence-electron chi connectivity index (χ3n) is 4.26. The van der Waals surface area contributed by atoms with Crippen LogP contribution in [0.3, 0.4) is 0 Å². The van der Waals surface area contributed by atoms with Crippen molar-refractivity contribution in [3.63, 3.8) is 0 Å². The summed E-state index contributed by atoms with van der Waals surface area (Å²) in [5.41, 5.74) is 1.40. The van der Waals surface area contributed by atoms with E-state index in [9.17, 15) is 19.7 Å². The fourth-order valence-corrected chi connectivity index (χ4v) is 3.54. The number of anilines is 2. The minimum Gasteiger partial charge on any atom is -0.492 e. The number of ether oxygens (including phenoxy) is 1. The van der Waals surface area contributed by atoms with Gasteiger partial charge in [-0.25, -0.2) is 0 Å². The SMILES string of the molecule is CCOc1ccccc1NC(=O)CSc1cccc(NC(=O)c2ccc([N+](=O)[O-])cc2)c1. The summed E-state index contributed by atoms with van der Waals surface area (Å²) < 4.78 is 5.51. The highest BCUT2D eigenvalue weighted by Crippen LogP contribution is 2.26. The number of carbonyl (C=O) groups excluding carboxylic acids is 2. The molecule has 0 spiro atoms. The predicted octanol–water partition coefficient (Wildman–Crippen LogP) is 4.98. The number of hydrogen-bond donors (Lipinski definition) is 2. The van der Waals surface area contributed by atoms with Crippen molar-refractivity contribution < 1.29 is 19.2 Å². The Morgan fingerprint density at radius 1 is 1.00 bits per heavy atom. The fourth-order valence-electron chi connectivity index (χ4n) is 2.79. The lowest BCUT2D eigenvalue weighted by Crippen LogP contribution is -2.15. The molecule has 3 aromatic rings. The van der Waals surface area contributed by atoms with E-state index in [-0.39, 0.29) is 23.3 Å². The van der Waals surface area contributed by atoms with Crippen molar-refractivity contribution >= 4 is 40.6 Å². The van der Waals surface area contributed by atoms with E-state index in [4.69, 9.17) is 4.74 Å². The second kappa shape index (κ2) is 11.0. The van der Waals surface area contributed by atoms with Gasteiger partial charge in [0.05, 0.1) is 23.0 Å². The molecule has 0 aromatic heterocycles. The average molecular weight is 452 g/mol. The van der Waals surface area contributed by atoms with Gasteiger partial charge in [0.15, 0.2) is 0 Å². The first kappa shape index (κ1) is 22.8. The number of carbonyl (C=O) groups is 2. The van der Waals surface area contributed by atoms with Gasteiger partial charge in [-0.15, -0.1) is 11.8 Å². The number of thioether (sulfide) groups is 1. The van der Waals surface area contributed by atoms with E-state index in [0.717, 1.165) is 4.90 Å². The van der Waals surface area contributed by atoms with Gasteiger partial charge in [0, 0.05) is 28.3 Å². The second-order valence-corrected chi connectivity index (χ2v) is 7.60. The molecule has 0 heterocycles. The van der Waals surface area contributed by atoms with Gasteiger partial charge in [-0.05, 0) is 49.4 Å². The maximum Gasteiger partial charge on any atom is 0.269 e. The van der Waals surface area contributed by atoms with Crippen LogP contribution in [0.25, 0.3) is 0 Å². The molecule has 3 rings (SSSR count). The number of hydrogen-bond acceptors (Lipinski definition) is 6. The number of non-ortho nitro benzene ring substituents is 1. The summed E-state index contributed by atoms with van der Waals surface area (Å²) in [6, 6.07) is 19.7. The molecule has 8 nitrogen and oxygen atoms in total. The summed E-state index contributed by atoms with van der Waals surface area (Å²) in [6.07, 6.45) is 0. The molecule has 2 amide bonds. The van der Waals surface area contributed by atoms with Gasteiger partial charge in [-0.3, -0.25) is 19.7 Å². The van der Waals surface area contributed by atoms with Crippen LogP contribution in [0.15, 0.2) is 77.7 Å². The molecular weight excluding hydrogens is 430 g/mol. The van der Waals surface area contributed by atoms with Crippen LogP contribution in [0.1, 0.15) is 17.3 Å². The Labute approximate surface area is 189 Å². The molecule has 0 aliphatic heterocycles. The average Bonchev–Trinajstić information content (AvgIpc) is 2.79. The second-order valence-electron chi connectivity index (χ2n) is 6.55. The quantitative estimate of drug-likeness (QED) is 0.270. The molecule has 32 heavy (non-hydrogen) atoms. The van der Waals surface area contributed by atoms with Crippen molar-refractivity contribution in [3.8, 4) is 5.75 Å². The number of para-hydroxylation sites is 2. The first-order valence-corrected chi connectivity index (χ1v) is 10.7. The van der Waals surface area contributed by atoms with Gasteiger partial charge in [0.1, 0.15) is 5.75 Å². The van der Waals surface area contributed by atoms with E-state index in [1.807, 2.05) is 25.1 Å². The van der Waals surface area contributed by atoms with Crippen LogP contribution in [0, 0.1) is 10.1 Å². The maximum absolute atomic E-state index is 12.4. The van der Waals surface area contributed by atoms with Crippen molar-refractivity contribution in [2.45, 2.75) is 11.8 Å². The van der Waals surface area contributed by atoms with E-state index >= 15 is 0 Å². The zero-order valence-corrected chi connectivity index (χ0v) is 18.1. The molecule has 0 saturated carbocycles. The molecular formula is C23H21N3O5S. The van der Waals surface area contributed by atoms with Gasteiger partial charge < -0.3 is 15.4 Å². The standard InChI is InChI=1S/C23H21N3O5S/c1-2-31-21-9-4-3-8-20(21)25-22(27)15-32-19-7-5-6-17(14-19)24-23(28)16-10-12-18(13-11-16)26(29)30/h3-14H,2,15H2,1H3,(H,24,28)(H,25,27). The van der Waals surface area contributed by atoms with Crippen molar-refractivity contribution in [1.29, 1.82) is 0 Å². The Kier molecular flexibility index (Phi) is 7.82. The highest BCUT2D eigenvalue weighted by Gasteiger charge is 2.11. The number of rotatable bonds is 9. The van der Waals surface area contributed by atoms with Crippen molar-refractivity contribution in [2.75, 3.05) is 23.0 Å². The Morgan fingerprint density at radius 2 is 1.75 bits per heavy atom. The maximum atomic E-state index is 12.4. The van der Waals surface area contributed by atoms with Gasteiger partial charge in [0.2, 0.25) is 5.91 Å². The molecule has 3 aromatic carbocycles. The van der Waals surface area contributed by atoms with Crippen LogP contribution in [0.5, 0.6) is 5.75 Å². The number of nitro groups is 1. The minimum atomic E-state index is -0.520. The Bertz CT molecular complexity index is 1120. The molecule has 0 fully saturated rings.